The van der Waals surface area contributed by atoms with E-state index < -0.39 is 51.7 Å². The minimum atomic E-state index is -4.85. The molecule has 2 N–H and O–H groups in total. The van der Waals surface area contributed by atoms with Gasteiger partial charge in [0.05, 0.1) is 30.2 Å². The van der Waals surface area contributed by atoms with Crippen LogP contribution in [0, 0.1) is 17.7 Å². The Morgan fingerprint density at radius 2 is 1.85 bits per heavy atom. The normalized spacial score (nSPS) is 18.1. The molecule has 2 aromatic carbocycles. The monoisotopic (exact) mass is 604 g/mol. The SMILES string of the molecule is COc1cc(S(=O)(=O)N2CC(CC(C(=O)O)C3CC3)Oc3ccc(NC(=O)OC(C)(C)C(F)(F)F)cc32)ccc1F. The average Bonchev–Trinajstić information content (AvgIpc) is 3.71. The number of benzene rings is 2. The van der Waals surface area contributed by atoms with Crippen molar-refractivity contribution in [1.29, 1.82) is 0 Å². The number of carboxylic acids is 1. The summed E-state index contributed by atoms with van der Waals surface area (Å²) in [7, 11) is -3.28. The number of rotatable bonds is 9. The van der Waals surface area contributed by atoms with Crippen LogP contribution in [-0.2, 0) is 19.6 Å². The van der Waals surface area contributed by atoms with Crippen LogP contribution in [0.1, 0.15) is 33.1 Å². The number of anilines is 2. The molecule has 0 saturated heterocycles. The summed E-state index contributed by atoms with van der Waals surface area (Å²) in [6, 6.07) is 6.66. The number of carboxylic acid groups (broad SMARTS) is 1. The maximum Gasteiger partial charge on any atom is 0.427 e. The van der Waals surface area contributed by atoms with Gasteiger partial charge in [0.15, 0.2) is 11.6 Å². The molecule has 41 heavy (non-hydrogen) atoms. The highest BCUT2D eigenvalue weighted by molar-refractivity contribution is 7.92. The number of halogens is 4. The molecule has 2 aromatic rings. The largest absolute Gasteiger partial charge is 0.494 e. The zero-order chi connectivity index (χ0) is 30.3. The van der Waals surface area contributed by atoms with Gasteiger partial charge < -0.3 is 19.3 Å². The lowest BCUT2D eigenvalue weighted by atomic mass is 9.95. The van der Waals surface area contributed by atoms with Crippen molar-refractivity contribution in [1.82, 2.24) is 0 Å². The molecule has 1 aliphatic heterocycles. The molecule has 0 spiro atoms. The van der Waals surface area contributed by atoms with Crippen LogP contribution >= 0.6 is 0 Å². The number of hydrogen-bond acceptors (Lipinski definition) is 7. The number of nitrogens with zero attached hydrogens (tertiary/aromatic N) is 1. The van der Waals surface area contributed by atoms with Crippen LogP contribution in [0.5, 0.6) is 11.5 Å². The smallest absolute Gasteiger partial charge is 0.427 e. The van der Waals surface area contributed by atoms with Gasteiger partial charge in [-0.2, -0.15) is 13.2 Å². The first kappa shape index (κ1) is 30.2. The van der Waals surface area contributed by atoms with Gasteiger partial charge >= 0.3 is 18.2 Å². The average molecular weight is 605 g/mol. The highest BCUT2D eigenvalue weighted by atomic mass is 32.2. The number of hydrogen-bond donors (Lipinski definition) is 2. The molecule has 2 aliphatic rings. The topological polar surface area (TPSA) is 131 Å². The molecule has 0 radical (unpaired) electrons. The number of fused-ring (bicyclic) bond motifs is 1. The third-order valence-corrected chi connectivity index (χ3v) is 8.68. The van der Waals surface area contributed by atoms with E-state index in [-0.39, 0.29) is 46.7 Å². The second-order valence-electron chi connectivity index (χ2n) is 10.3. The minimum Gasteiger partial charge on any atom is -0.494 e. The van der Waals surface area contributed by atoms with Gasteiger partial charge in [0.2, 0.25) is 5.60 Å². The number of carbonyl (C=O) groups excluding carboxylic acids is 1. The molecule has 10 nitrogen and oxygen atoms in total. The Morgan fingerprint density at radius 3 is 2.44 bits per heavy atom. The van der Waals surface area contributed by atoms with Crippen molar-refractivity contribution in [3.63, 3.8) is 0 Å². The number of sulfonamides is 1. The Kier molecular flexibility index (Phi) is 8.04. The van der Waals surface area contributed by atoms with Gasteiger partial charge in [0.25, 0.3) is 10.0 Å². The molecule has 1 saturated carbocycles. The van der Waals surface area contributed by atoms with E-state index in [0.29, 0.717) is 13.8 Å². The first-order valence-corrected chi connectivity index (χ1v) is 13.9. The summed E-state index contributed by atoms with van der Waals surface area (Å²) >= 11 is 0. The summed E-state index contributed by atoms with van der Waals surface area (Å²) in [5.41, 5.74) is -3.00. The molecular formula is C26H28F4N2O8S. The Bertz CT molecular complexity index is 1440. The first-order chi connectivity index (χ1) is 19.0. The maximum absolute atomic E-state index is 14.0. The van der Waals surface area contributed by atoms with E-state index >= 15 is 0 Å². The molecule has 15 heteroatoms. The fourth-order valence-corrected chi connectivity index (χ4v) is 5.89. The van der Waals surface area contributed by atoms with Crippen LogP contribution in [0.4, 0.5) is 33.7 Å². The predicted molar refractivity (Wildman–Crippen MR) is 137 cm³/mol. The third kappa shape index (κ3) is 6.44. The van der Waals surface area contributed by atoms with Crippen molar-refractivity contribution in [2.75, 3.05) is 23.3 Å². The van der Waals surface area contributed by atoms with Gasteiger partial charge in [-0.25, -0.2) is 17.6 Å². The summed E-state index contributed by atoms with van der Waals surface area (Å²) in [6.45, 7) is 1.01. The number of amides is 1. The van der Waals surface area contributed by atoms with Crippen molar-refractivity contribution in [2.24, 2.45) is 11.8 Å². The van der Waals surface area contributed by atoms with E-state index in [9.17, 15) is 40.7 Å². The summed E-state index contributed by atoms with van der Waals surface area (Å²) in [6.07, 6.45) is -5.69. The quantitative estimate of drug-likeness (QED) is 0.375. The fourth-order valence-electron chi connectivity index (χ4n) is 4.38. The fraction of sp³-hybridized carbons (Fsp3) is 0.462. The van der Waals surface area contributed by atoms with E-state index in [1.54, 1.807) is 0 Å². The summed E-state index contributed by atoms with van der Waals surface area (Å²) < 4.78 is 97.4. The molecule has 2 atom stereocenters. The second-order valence-corrected chi connectivity index (χ2v) is 12.2. The lowest BCUT2D eigenvalue weighted by Gasteiger charge is -2.36. The summed E-state index contributed by atoms with van der Waals surface area (Å²) in [5, 5.41) is 11.8. The van der Waals surface area contributed by atoms with Gasteiger partial charge in [0, 0.05) is 11.8 Å². The Morgan fingerprint density at radius 1 is 1.17 bits per heavy atom. The van der Waals surface area contributed by atoms with E-state index in [4.69, 9.17) is 9.47 Å². The molecule has 4 rings (SSSR count). The number of nitrogens with one attached hydrogen (secondary N) is 1. The second kappa shape index (κ2) is 10.9. The third-order valence-electron chi connectivity index (χ3n) is 6.90. The van der Waals surface area contributed by atoms with Crippen LogP contribution in [-0.4, -0.2) is 57.1 Å². The van der Waals surface area contributed by atoms with Crippen LogP contribution in [0.3, 0.4) is 0 Å². The van der Waals surface area contributed by atoms with Crippen LogP contribution in [0.25, 0.3) is 0 Å². The standard InChI is InChI=1S/C26H28F4N2O8S/c1-25(2,26(28,29)30)40-24(35)31-15-6-9-21-20(10-15)32(13-16(39-21)11-18(23(33)34)14-4-5-14)41(36,37)17-7-8-19(27)22(12-17)38-3/h6-10,12,14,16,18H,4-5,11,13H2,1-3H3,(H,31,35)(H,33,34). The number of alkyl halides is 3. The molecule has 0 aromatic heterocycles. The van der Waals surface area contributed by atoms with Crippen LogP contribution in [0.2, 0.25) is 0 Å². The van der Waals surface area contributed by atoms with Gasteiger partial charge in [-0.15, -0.1) is 0 Å². The zero-order valence-corrected chi connectivity index (χ0v) is 23.0. The van der Waals surface area contributed by atoms with Gasteiger partial charge in [-0.05, 0) is 69.4 Å². The van der Waals surface area contributed by atoms with E-state index in [1.807, 2.05) is 0 Å². The van der Waals surface area contributed by atoms with Gasteiger partial charge in [-0.1, -0.05) is 0 Å². The van der Waals surface area contributed by atoms with Crippen molar-refractivity contribution in [3.05, 3.63) is 42.2 Å². The van der Waals surface area contributed by atoms with Crippen LogP contribution in [0.15, 0.2) is 41.3 Å². The number of aliphatic carboxylic acids is 1. The zero-order valence-electron chi connectivity index (χ0n) is 22.2. The highest BCUT2D eigenvalue weighted by Crippen LogP contribution is 2.44. The van der Waals surface area contributed by atoms with Crippen LogP contribution < -0.4 is 19.1 Å². The molecular weight excluding hydrogens is 576 g/mol. The van der Waals surface area contributed by atoms with Gasteiger partial charge in [-0.3, -0.25) is 14.4 Å². The Hall–Kier alpha value is -3.75. The molecule has 224 valence electrons. The predicted octanol–water partition coefficient (Wildman–Crippen LogP) is 5.18. The maximum atomic E-state index is 14.0. The van der Waals surface area contributed by atoms with Crippen molar-refractivity contribution in [2.45, 2.75) is 55.9 Å². The number of carbonyl (C=O) groups is 2. The Labute approximate surface area is 233 Å². The number of methoxy groups -OCH3 is 1. The molecule has 2 unspecified atom stereocenters. The molecule has 1 aliphatic carbocycles. The summed E-state index contributed by atoms with van der Waals surface area (Å²) in [5.74, 6) is -2.95. The lowest BCUT2D eigenvalue weighted by molar-refractivity contribution is -0.242. The minimum absolute atomic E-state index is 0.0110. The number of ether oxygens (including phenoxy) is 3. The van der Waals surface area contributed by atoms with Crippen molar-refractivity contribution in [3.8, 4) is 11.5 Å². The first-order valence-electron chi connectivity index (χ1n) is 12.5. The van der Waals surface area contributed by atoms with E-state index in [0.717, 1.165) is 42.5 Å². The van der Waals surface area contributed by atoms with E-state index in [1.165, 1.54) is 18.2 Å². The molecule has 1 amide bonds. The van der Waals surface area contributed by atoms with Gasteiger partial charge in [0.1, 0.15) is 11.9 Å². The van der Waals surface area contributed by atoms with Crippen molar-refractivity contribution >= 4 is 33.5 Å². The lowest BCUT2D eigenvalue weighted by Crippen LogP contribution is -2.45. The Balaban J connectivity index is 1.69. The molecule has 0 bridgehead atoms. The molecule has 1 fully saturated rings. The highest BCUT2D eigenvalue weighted by Gasteiger charge is 2.51. The van der Waals surface area contributed by atoms with Crippen molar-refractivity contribution < 1.29 is 54.9 Å². The summed E-state index contributed by atoms with van der Waals surface area (Å²) in [4.78, 5) is 23.8. The molecule has 1 heterocycles. The van der Waals surface area contributed by atoms with E-state index in [2.05, 4.69) is 10.1 Å².